The lowest BCUT2D eigenvalue weighted by Crippen LogP contribution is -2.21. The molecule has 0 atom stereocenters. The van der Waals surface area contributed by atoms with Gasteiger partial charge in [-0.2, -0.15) is 0 Å². The number of aryl methyl sites for hydroxylation is 1. The summed E-state index contributed by atoms with van der Waals surface area (Å²) in [4.78, 5) is 14.1. The molecular formula is C16H21N3OS. The van der Waals surface area contributed by atoms with E-state index >= 15 is 0 Å². The topological polar surface area (TPSA) is 58.4 Å². The van der Waals surface area contributed by atoms with Crippen LogP contribution in [0.4, 0.5) is 10.7 Å². The number of rotatable bonds is 5. The second-order valence-electron chi connectivity index (χ2n) is 5.26. The third-order valence-electron chi connectivity index (χ3n) is 3.16. The van der Waals surface area contributed by atoms with Crippen molar-refractivity contribution < 1.29 is 4.79 Å². The van der Waals surface area contributed by atoms with E-state index in [9.17, 15) is 4.79 Å². The van der Waals surface area contributed by atoms with Gasteiger partial charge in [0.15, 0.2) is 0 Å². The molecule has 1 aromatic heterocycles. The van der Waals surface area contributed by atoms with Gasteiger partial charge in [0.25, 0.3) is 5.91 Å². The molecule has 4 nitrogen and oxygen atoms in total. The van der Waals surface area contributed by atoms with Crippen LogP contribution in [-0.4, -0.2) is 31.4 Å². The van der Waals surface area contributed by atoms with E-state index in [2.05, 4.69) is 36.5 Å². The number of carbonyl (C=O) groups is 1. The summed E-state index contributed by atoms with van der Waals surface area (Å²) in [6.07, 6.45) is 0.941. The first-order valence-corrected chi connectivity index (χ1v) is 7.69. The SMILES string of the molecule is Cc1cccc(CCNc2cc(N)c(C(=O)N(C)C)s2)c1. The first-order valence-electron chi connectivity index (χ1n) is 6.87. The number of anilines is 2. The van der Waals surface area contributed by atoms with E-state index in [-0.39, 0.29) is 5.91 Å². The fourth-order valence-electron chi connectivity index (χ4n) is 2.06. The Labute approximate surface area is 129 Å². The van der Waals surface area contributed by atoms with Crippen LogP contribution in [0.15, 0.2) is 30.3 Å². The van der Waals surface area contributed by atoms with Crippen LogP contribution < -0.4 is 11.1 Å². The molecule has 1 amide bonds. The summed E-state index contributed by atoms with van der Waals surface area (Å²) >= 11 is 1.41. The standard InChI is InChI=1S/C16H21N3OS/c1-11-5-4-6-12(9-11)7-8-18-14-10-13(17)15(21-14)16(20)19(2)3/h4-6,9-10,18H,7-8,17H2,1-3H3. The van der Waals surface area contributed by atoms with Crippen LogP contribution in [0.1, 0.15) is 20.8 Å². The van der Waals surface area contributed by atoms with E-state index in [1.54, 1.807) is 19.0 Å². The molecule has 0 aliphatic rings. The number of thiophene rings is 1. The number of hydrogen-bond acceptors (Lipinski definition) is 4. The van der Waals surface area contributed by atoms with Crippen molar-refractivity contribution >= 4 is 27.9 Å². The quantitative estimate of drug-likeness (QED) is 0.892. The average Bonchev–Trinajstić information content (AvgIpc) is 2.79. The van der Waals surface area contributed by atoms with Gasteiger partial charge in [-0.05, 0) is 25.0 Å². The van der Waals surface area contributed by atoms with Crippen LogP contribution in [0.5, 0.6) is 0 Å². The van der Waals surface area contributed by atoms with Crippen molar-refractivity contribution in [3.8, 4) is 0 Å². The summed E-state index contributed by atoms with van der Waals surface area (Å²) < 4.78 is 0. The van der Waals surface area contributed by atoms with Crippen LogP contribution in [0.2, 0.25) is 0 Å². The molecule has 112 valence electrons. The third kappa shape index (κ3) is 3.98. The first-order chi connectivity index (χ1) is 9.97. The molecule has 3 N–H and O–H groups in total. The molecule has 1 aromatic carbocycles. The Bertz CT molecular complexity index is 634. The molecule has 0 saturated heterocycles. The predicted octanol–water partition coefficient (Wildman–Crippen LogP) is 3.00. The number of nitrogen functional groups attached to an aromatic ring is 1. The van der Waals surface area contributed by atoms with Gasteiger partial charge in [0.2, 0.25) is 0 Å². The lowest BCUT2D eigenvalue weighted by atomic mass is 10.1. The minimum atomic E-state index is -0.0516. The van der Waals surface area contributed by atoms with E-state index in [4.69, 9.17) is 5.73 Å². The number of nitrogens with two attached hydrogens (primary N) is 1. The fourth-order valence-corrected chi connectivity index (χ4v) is 3.09. The molecule has 2 rings (SSSR count). The van der Waals surface area contributed by atoms with Gasteiger partial charge >= 0.3 is 0 Å². The fraction of sp³-hybridized carbons (Fsp3) is 0.312. The predicted molar refractivity (Wildman–Crippen MR) is 90.1 cm³/mol. The Hall–Kier alpha value is -2.01. The minimum Gasteiger partial charge on any atom is -0.397 e. The number of hydrogen-bond donors (Lipinski definition) is 2. The van der Waals surface area contributed by atoms with Crippen LogP contribution in [0.3, 0.4) is 0 Å². The van der Waals surface area contributed by atoms with Gasteiger partial charge in [-0.25, -0.2) is 0 Å². The van der Waals surface area contributed by atoms with Gasteiger partial charge < -0.3 is 16.0 Å². The molecule has 0 aliphatic carbocycles. The highest BCUT2D eigenvalue weighted by Gasteiger charge is 2.15. The Morgan fingerprint density at radius 1 is 1.33 bits per heavy atom. The summed E-state index contributed by atoms with van der Waals surface area (Å²) in [6, 6.07) is 10.3. The van der Waals surface area contributed by atoms with Crippen molar-refractivity contribution in [3.63, 3.8) is 0 Å². The second kappa shape index (κ2) is 6.63. The van der Waals surface area contributed by atoms with Crippen molar-refractivity contribution in [2.75, 3.05) is 31.7 Å². The molecule has 0 aliphatic heterocycles. The highest BCUT2D eigenvalue weighted by Crippen LogP contribution is 2.29. The van der Waals surface area contributed by atoms with Gasteiger partial charge in [-0.3, -0.25) is 4.79 Å². The number of amides is 1. The molecular weight excluding hydrogens is 282 g/mol. The Morgan fingerprint density at radius 2 is 2.10 bits per heavy atom. The van der Waals surface area contributed by atoms with Crippen molar-refractivity contribution in [2.45, 2.75) is 13.3 Å². The van der Waals surface area contributed by atoms with Gasteiger partial charge in [0.1, 0.15) is 4.88 Å². The molecule has 0 unspecified atom stereocenters. The van der Waals surface area contributed by atoms with Gasteiger partial charge in [0.05, 0.1) is 10.7 Å². The van der Waals surface area contributed by atoms with E-state index in [1.165, 1.54) is 22.5 Å². The smallest absolute Gasteiger partial charge is 0.265 e. The molecule has 21 heavy (non-hydrogen) atoms. The third-order valence-corrected chi connectivity index (χ3v) is 4.25. The van der Waals surface area contributed by atoms with E-state index in [0.29, 0.717) is 10.6 Å². The van der Waals surface area contributed by atoms with Crippen LogP contribution >= 0.6 is 11.3 Å². The molecule has 0 radical (unpaired) electrons. The van der Waals surface area contributed by atoms with Crippen LogP contribution in [0.25, 0.3) is 0 Å². The largest absolute Gasteiger partial charge is 0.397 e. The molecule has 5 heteroatoms. The average molecular weight is 303 g/mol. The minimum absolute atomic E-state index is 0.0516. The Morgan fingerprint density at radius 3 is 2.76 bits per heavy atom. The van der Waals surface area contributed by atoms with Crippen molar-refractivity contribution in [1.29, 1.82) is 0 Å². The lowest BCUT2D eigenvalue weighted by molar-refractivity contribution is 0.0833. The van der Waals surface area contributed by atoms with E-state index < -0.39 is 0 Å². The first kappa shape index (κ1) is 15.4. The molecule has 0 bridgehead atoms. The van der Waals surface area contributed by atoms with Gasteiger partial charge in [-0.1, -0.05) is 29.8 Å². The lowest BCUT2D eigenvalue weighted by Gasteiger charge is -2.08. The van der Waals surface area contributed by atoms with Crippen LogP contribution in [-0.2, 0) is 6.42 Å². The molecule has 0 saturated carbocycles. The van der Waals surface area contributed by atoms with E-state index in [1.807, 2.05) is 6.07 Å². The van der Waals surface area contributed by atoms with E-state index in [0.717, 1.165) is 18.0 Å². The maximum atomic E-state index is 11.9. The van der Waals surface area contributed by atoms with Crippen molar-refractivity contribution in [3.05, 3.63) is 46.3 Å². The zero-order chi connectivity index (χ0) is 15.4. The van der Waals surface area contributed by atoms with Crippen molar-refractivity contribution in [1.82, 2.24) is 4.90 Å². The summed E-state index contributed by atoms with van der Waals surface area (Å²) in [5.41, 5.74) is 9.02. The summed E-state index contributed by atoms with van der Waals surface area (Å²) in [7, 11) is 3.46. The monoisotopic (exact) mass is 303 g/mol. The number of carbonyl (C=O) groups excluding carboxylic acids is 1. The number of benzene rings is 1. The summed E-state index contributed by atoms with van der Waals surface area (Å²) in [5, 5.41) is 4.27. The summed E-state index contributed by atoms with van der Waals surface area (Å²) in [6.45, 7) is 2.91. The Kier molecular flexibility index (Phi) is 4.85. The highest BCUT2D eigenvalue weighted by molar-refractivity contribution is 7.18. The maximum absolute atomic E-state index is 11.9. The number of nitrogens with zero attached hydrogens (tertiary/aromatic N) is 1. The van der Waals surface area contributed by atoms with Crippen molar-refractivity contribution in [2.24, 2.45) is 0 Å². The normalized spacial score (nSPS) is 10.4. The summed E-state index contributed by atoms with van der Waals surface area (Å²) in [5.74, 6) is -0.0516. The number of nitrogens with one attached hydrogen (secondary N) is 1. The molecule has 2 aromatic rings. The second-order valence-corrected chi connectivity index (χ2v) is 6.31. The van der Waals surface area contributed by atoms with Gasteiger partial charge in [-0.15, -0.1) is 11.3 Å². The molecule has 0 fully saturated rings. The van der Waals surface area contributed by atoms with Gasteiger partial charge in [0, 0.05) is 20.6 Å². The van der Waals surface area contributed by atoms with Crippen LogP contribution in [0, 0.1) is 6.92 Å². The zero-order valence-corrected chi connectivity index (χ0v) is 13.5. The Balaban J connectivity index is 1.95. The highest BCUT2D eigenvalue weighted by atomic mass is 32.1. The molecule has 0 spiro atoms. The zero-order valence-electron chi connectivity index (χ0n) is 12.6. The maximum Gasteiger partial charge on any atom is 0.265 e. The molecule has 1 heterocycles.